The SMILES string of the molecule is CCC(C(=O)NC)N(Cc1ccc(Cl)cc1Cl)C(=O)CN(c1cc(Cl)c(Cl)cc1Cl)S(C)(=O)=O. The van der Waals surface area contributed by atoms with Crippen LogP contribution in [0.2, 0.25) is 25.1 Å². The number of rotatable bonds is 9. The molecule has 1 N–H and O–H groups in total. The van der Waals surface area contributed by atoms with Crippen LogP contribution >= 0.6 is 58.0 Å². The van der Waals surface area contributed by atoms with Crippen molar-refractivity contribution in [2.75, 3.05) is 24.2 Å². The lowest BCUT2D eigenvalue weighted by Gasteiger charge is -2.33. The standard InChI is InChI=1S/C21H22Cl5N3O4S/c1-4-18(21(31)27-2)28(10-12-5-6-13(22)7-14(12)23)20(30)11-29(34(3,32)33)19-9-16(25)15(24)8-17(19)26/h5-9,18H,4,10-11H2,1-3H3,(H,27,31). The average molecular weight is 590 g/mol. The van der Waals surface area contributed by atoms with Gasteiger partial charge in [0.15, 0.2) is 0 Å². The van der Waals surface area contributed by atoms with Crippen LogP contribution in [-0.2, 0) is 26.2 Å². The molecule has 0 heterocycles. The fourth-order valence-electron chi connectivity index (χ4n) is 3.22. The summed E-state index contributed by atoms with van der Waals surface area (Å²) in [4.78, 5) is 27.3. The van der Waals surface area contributed by atoms with Crippen molar-refractivity contribution in [3.05, 3.63) is 61.0 Å². The van der Waals surface area contributed by atoms with E-state index in [0.717, 1.165) is 10.6 Å². The van der Waals surface area contributed by atoms with E-state index in [1.165, 1.54) is 30.1 Å². The fourth-order valence-corrected chi connectivity index (χ4v) is 5.23. The second kappa shape index (κ2) is 12.0. The maximum Gasteiger partial charge on any atom is 0.244 e. The zero-order valence-corrected chi connectivity index (χ0v) is 23.0. The van der Waals surface area contributed by atoms with E-state index in [1.54, 1.807) is 19.1 Å². The highest BCUT2D eigenvalue weighted by Gasteiger charge is 2.32. The van der Waals surface area contributed by atoms with E-state index >= 15 is 0 Å². The van der Waals surface area contributed by atoms with E-state index in [2.05, 4.69) is 5.32 Å². The van der Waals surface area contributed by atoms with E-state index < -0.39 is 34.4 Å². The Morgan fingerprint density at radius 3 is 2.12 bits per heavy atom. The smallest absolute Gasteiger partial charge is 0.244 e. The number of benzene rings is 2. The van der Waals surface area contributed by atoms with Crippen LogP contribution in [0.1, 0.15) is 18.9 Å². The Bertz CT molecular complexity index is 1190. The first-order chi connectivity index (χ1) is 15.8. The monoisotopic (exact) mass is 587 g/mol. The number of anilines is 1. The van der Waals surface area contributed by atoms with Crippen LogP contribution in [0.3, 0.4) is 0 Å². The van der Waals surface area contributed by atoms with Gasteiger partial charge in [0.25, 0.3) is 0 Å². The molecule has 1 unspecified atom stereocenters. The molecule has 0 aromatic heterocycles. The second-order valence-corrected chi connectivity index (χ2v) is 11.3. The maximum absolute atomic E-state index is 13.5. The lowest BCUT2D eigenvalue weighted by Crippen LogP contribution is -2.51. The van der Waals surface area contributed by atoms with E-state index in [4.69, 9.17) is 58.0 Å². The summed E-state index contributed by atoms with van der Waals surface area (Å²) in [5.74, 6) is -1.08. The van der Waals surface area contributed by atoms with Crippen LogP contribution in [-0.4, -0.2) is 51.0 Å². The number of amides is 2. The Morgan fingerprint density at radius 2 is 1.59 bits per heavy atom. The summed E-state index contributed by atoms with van der Waals surface area (Å²) in [6.45, 7) is 1.02. The van der Waals surface area contributed by atoms with Crippen molar-refractivity contribution in [1.29, 1.82) is 0 Å². The normalized spacial score (nSPS) is 12.2. The van der Waals surface area contributed by atoms with Gasteiger partial charge in [0.2, 0.25) is 21.8 Å². The molecule has 0 bridgehead atoms. The molecule has 2 aromatic rings. The predicted octanol–water partition coefficient (Wildman–Crippen LogP) is 5.27. The molecule has 7 nitrogen and oxygen atoms in total. The maximum atomic E-state index is 13.5. The lowest BCUT2D eigenvalue weighted by atomic mass is 10.1. The highest BCUT2D eigenvalue weighted by atomic mass is 35.5. The fraction of sp³-hybridized carbons (Fsp3) is 0.333. The Balaban J connectivity index is 2.53. The van der Waals surface area contributed by atoms with Crippen molar-refractivity contribution in [2.45, 2.75) is 25.9 Å². The van der Waals surface area contributed by atoms with Crippen LogP contribution < -0.4 is 9.62 Å². The molecule has 0 saturated carbocycles. The Hall–Kier alpha value is -1.42. The Morgan fingerprint density at radius 1 is 0.971 bits per heavy atom. The topological polar surface area (TPSA) is 86.8 Å². The summed E-state index contributed by atoms with van der Waals surface area (Å²) in [5.41, 5.74) is 0.504. The van der Waals surface area contributed by atoms with Crippen molar-refractivity contribution in [1.82, 2.24) is 10.2 Å². The van der Waals surface area contributed by atoms with Gasteiger partial charge in [0, 0.05) is 23.6 Å². The van der Waals surface area contributed by atoms with Gasteiger partial charge in [0.1, 0.15) is 12.6 Å². The summed E-state index contributed by atoms with van der Waals surface area (Å²) in [6, 6.07) is 6.40. The number of likely N-dealkylation sites (N-methyl/N-ethyl adjacent to an activating group) is 1. The molecule has 186 valence electrons. The first kappa shape index (κ1) is 28.8. The van der Waals surface area contributed by atoms with Crippen molar-refractivity contribution in [2.24, 2.45) is 0 Å². The molecule has 13 heteroatoms. The van der Waals surface area contributed by atoms with Crippen molar-refractivity contribution in [3.8, 4) is 0 Å². The highest BCUT2D eigenvalue weighted by Crippen LogP contribution is 2.35. The molecule has 34 heavy (non-hydrogen) atoms. The highest BCUT2D eigenvalue weighted by molar-refractivity contribution is 7.92. The Labute approximate surface area is 223 Å². The Kier molecular flexibility index (Phi) is 10.2. The quantitative estimate of drug-likeness (QED) is 0.404. The average Bonchev–Trinajstić information content (AvgIpc) is 2.75. The molecule has 2 amide bonds. The number of sulfonamides is 1. The molecule has 2 aromatic carbocycles. The van der Waals surface area contributed by atoms with Gasteiger partial charge in [-0.3, -0.25) is 13.9 Å². The van der Waals surface area contributed by atoms with Gasteiger partial charge in [-0.2, -0.15) is 0 Å². The number of carbonyl (C=O) groups is 2. The first-order valence-electron chi connectivity index (χ1n) is 9.87. The van der Waals surface area contributed by atoms with Crippen molar-refractivity contribution in [3.63, 3.8) is 0 Å². The van der Waals surface area contributed by atoms with Gasteiger partial charge in [-0.1, -0.05) is 71.0 Å². The molecule has 0 aliphatic heterocycles. The van der Waals surface area contributed by atoms with Crippen LogP contribution in [0.4, 0.5) is 5.69 Å². The van der Waals surface area contributed by atoms with Crippen molar-refractivity contribution < 1.29 is 18.0 Å². The van der Waals surface area contributed by atoms with E-state index in [-0.39, 0.29) is 33.7 Å². The zero-order chi connectivity index (χ0) is 25.8. The minimum Gasteiger partial charge on any atom is -0.357 e. The number of hydrogen-bond donors (Lipinski definition) is 1. The van der Waals surface area contributed by atoms with E-state index in [9.17, 15) is 18.0 Å². The van der Waals surface area contributed by atoms with Crippen LogP contribution in [0.5, 0.6) is 0 Å². The van der Waals surface area contributed by atoms with Gasteiger partial charge in [-0.15, -0.1) is 0 Å². The molecule has 0 saturated heterocycles. The number of carbonyl (C=O) groups excluding carboxylic acids is 2. The molecular formula is C21H22Cl5N3O4S. The second-order valence-electron chi connectivity index (χ2n) is 7.28. The zero-order valence-electron chi connectivity index (χ0n) is 18.4. The summed E-state index contributed by atoms with van der Waals surface area (Å²) in [5, 5.41) is 3.40. The van der Waals surface area contributed by atoms with E-state index in [0.29, 0.717) is 15.6 Å². The third-order valence-electron chi connectivity index (χ3n) is 4.93. The lowest BCUT2D eigenvalue weighted by molar-refractivity contribution is -0.140. The third-order valence-corrected chi connectivity index (χ3v) is 7.66. The van der Waals surface area contributed by atoms with Gasteiger partial charge in [-0.25, -0.2) is 8.42 Å². The third kappa shape index (κ3) is 7.06. The molecule has 2 rings (SSSR count). The summed E-state index contributed by atoms with van der Waals surface area (Å²) in [6.07, 6.45) is 1.19. The van der Waals surface area contributed by atoms with E-state index in [1.807, 2.05) is 0 Å². The molecule has 1 atom stereocenters. The summed E-state index contributed by atoms with van der Waals surface area (Å²) in [7, 11) is -2.54. The van der Waals surface area contributed by atoms with Crippen LogP contribution in [0.15, 0.2) is 30.3 Å². The number of nitrogens with one attached hydrogen (secondary N) is 1. The van der Waals surface area contributed by atoms with Gasteiger partial charge in [-0.05, 0) is 36.2 Å². The van der Waals surface area contributed by atoms with Crippen molar-refractivity contribution >= 4 is 85.5 Å². The first-order valence-corrected chi connectivity index (χ1v) is 13.6. The molecule has 0 radical (unpaired) electrons. The number of nitrogens with zero attached hydrogens (tertiary/aromatic N) is 2. The van der Waals surface area contributed by atoms with Gasteiger partial charge in [0.05, 0.1) is 27.0 Å². The van der Waals surface area contributed by atoms with Gasteiger partial charge < -0.3 is 10.2 Å². The molecule has 0 fully saturated rings. The number of hydrogen-bond acceptors (Lipinski definition) is 4. The molecule has 0 spiro atoms. The summed E-state index contributed by atoms with van der Waals surface area (Å²) < 4.78 is 26.1. The molecule has 0 aliphatic rings. The van der Waals surface area contributed by atoms with Crippen LogP contribution in [0, 0.1) is 0 Å². The largest absolute Gasteiger partial charge is 0.357 e. The molecular weight excluding hydrogens is 568 g/mol. The minimum atomic E-state index is -3.99. The van der Waals surface area contributed by atoms with Crippen LogP contribution in [0.25, 0.3) is 0 Å². The van der Waals surface area contributed by atoms with Gasteiger partial charge >= 0.3 is 0 Å². The molecule has 0 aliphatic carbocycles. The summed E-state index contributed by atoms with van der Waals surface area (Å²) >= 11 is 30.5. The predicted molar refractivity (Wildman–Crippen MR) is 139 cm³/mol. The number of halogens is 5. The minimum absolute atomic E-state index is 0.0155.